The third-order valence-electron chi connectivity index (χ3n) is 5.76. The topological polar surface area (TPSA) is 144 Å². The Kier molecular flexibility index (Phi) is 5.92. The summed E-state index contributed by atoms with van der Waals surface area (Å²) in [5, 5.41) is 20.6. The van der Waals surface area contributed by atoms with E-state index in [2.05, 4.69) is 10.3 Å². The molecule has 0 radical (unpaired) electrons. The van der Waals surface area contributed by atoms with E-state index in [1.165, 1.54) is 17.5 Å². The molecule has 1 amide bonds. The second-order valence-corrected chi connectivity index (χ2v) is 9.85. The van der Waals surface area contributed by atoms with Gasteiger partial charge in [0.25, 0.3) is 5.91 Å². The van der Waals surface area contributed by atoms with E-state index in [4.69, 9.17) is 11.1 Å². The van der Waals surface area contributed by atoms with Gasteiger partial charge in [0.1, 0.15) is 0 Å². The molecule has 5 N–H and O–H groups in total. The lowest BCUT2D eigenvalue weighted by Gasteiger charge is -2.18. The van der Waals surface area contributed by atoms with Gasteiger partial charge in [-0.3, -0.25) is 19.2 Å². The van der Waals surface area contributed by atoms with Crippen LogP contribution in [0.4, 0.5) is 5.95 Å². The summed E-state index contributed by atoms with van der Waals surface area (Å²) in [6.07, 6.45) is 2.90. The molecule has 4 rings (SSSR count). The maximum absolute atomic E-state index is 13.0. The molecule has 0 aliphatic heterocycles. The number of nitrogens with zero attached hydrogens (tertiary/aromatic N) is 4. The smallest absolute Gasteiger partial charge is 0.328 e. The molecule has 0 aliphatic carbocycles. The molecule has 0 spiro atoms. The molecule has 1 aromatic carbocycles. The lowest BCUT2D eigenvalue weighted by Crippen LogP contribution is -2.22. The minimum Gasteiger partial charge on any atom is -0.404 e. The fourth-order valence-corrected chi connectivity index (χ4v) is 4.70. The van der Waals surface area contributed by atoms with Crippen LogP contribution in [0.25, 0.3) is 27.6 Å². The Morgan fingerprint density at radius 2 is 1.85 bits per heavy atom. The first-order valence-corrected chi connectivity index (χ1v) is 11.5. The Labute approximate surface area is 199 Å². The van der Waals surface area contributed by atoms with Crippen molar-refractivity contribution in [1.82, 2.24) is 18.7 Å². The fourth-order valence-electron chi connectivity index (χ4n) is 3.80. The number of carbonyl (C=O) groups excluding carboxylic acids is 1. The van der Waals surface area contributed by atoms with Crippen molar-refractivity contribution in [3.05, 3.63) is 50.7 Å². The summed E-state index contributed by atoms with van der Waals surface area (Å²) in [7, 11) is 3.42. The highest BCUT2D eigenvalue weighted by atomic mass is 32.1. The van der Waals surface area contributed by atoms with E-state index in [1.807, 2.05) is 16.7 Å². The predicted octanol–water partition coefficient (Wildman–Crippen LogP) is 2.65. The zero-order valence-corrected chi connectivity index (χ0v) is 20.2. The molecule has 0 saturated carbocycles. The third kappa shape index (κ3) is 4.15. The average molecular weight is 482 g/mol. The summed E-state index contributed by atoms with van der Waals surface area (Å²) in [4.78, 5) is 31.2. The number of fused-ring (bicyclic) bond motifs is 2. The molecular formula is C23H27N7O3S. The molecule has 178 valence electrons. The van der Waals surface area contributed by atoms with E-state index < -0.39 is 5.60 Å². The van der Waals surface area contributed by atoms with Crippen LogP contribution in [0.5, 0.6) is 0 Å². The number of thiophene rings is 1. The van der Waals surface area contributed by atoms with Crippen LogP contribution in [0.3, 0.4) is 0 Å². The first kappa shape index (κ1) is 23.5. The first-order chi connectivity index (χ1) is 16.0. The largest absolute Gasteiger partial charge is 0.404 e. The minimum atomic E-state index is -0.915. The van der Waals surface area contributed by atoms with Crippen molar-refractivity contribution in [2.45, 2.75) is 32.4 Å². The molecule has 0 bridgehead atoms. The van der Waals surface area contributed by atoms with Crippen molar-refractivity contribution < 1.29 is 9.90 Å². The Hall–Kier alpha value is -3.70. The van der Waals surface area contributed by atoms with Gasteiger partial charge in [0, 0.05) is 43.5 Å². The number of hydrogen-bond donors (Lipinski definition) is 4. The molecule has 0 saturated heterocycles. The molecule has 0 aliphatic rings. The molecule has 0 atom stereocenters. The number of benzene rings is 1. The van der Waals surface area contributed by atoms with Crippen LogP contribution in [-0.4, -0.2) is 41.5 Å². The van der Waals surface area contributed by atoms with Crippen molar-refractivity contribution in [3.63, 3.8) is 0 Å². The molecule has 3 aromatic heterocycles. The monoisotopic (exact) mass is 481 g/mol. The van der Waals surface area contributed by atoms with Crippen LogP contribution < -0.4 is 16.7 Å². The van der Waals surface area contributed by atoms with Gasteiger partial charge in [0.2, 0.25) is 5.95 Å². The van der Waals surface area contributed by atoms with Gasteiger partial charge < -0.3 is 20.8 Å². The number of nitrogens with two attached hydrogens (primary N) is 1. The SMILES string of the molecule is Cn1c(=O)n(C)c2cc3c(cc21)nc(NC(=O)c1ccc(/C(C=N)=C/N)s1)n3CCC(C)(C)O. The molecule has 0 unspecified atom stereocenters. The van der Waals surface area contributed by atoms with Gasteiger partial charge >= 0.3 is 5.69 Å². The molecule has 4 aromatic rings. The van der Waals surface area contributed by atoms with Crippen molar-refractivity contribution in [2.24, 2.45) is 19.8 Å². The Balaban J connectivity index is 1.78. The van der Waals surface area contributed by atoms with Crippen molar-refractivity contribution in [2.75, 3.05) is 5.32 Å². The Bertz CT molecular complexity index is 1510. The number of aliphatic hydroxyl groups is 1. The predicted molar refractivity (Wildman–Crippen MR) is 136 cm³/mol. The number of nitrogens with one attached hydrogen (secondary N) is 2. The van der Waals surface area contributed by atoms with Crippen LogP contribution in [0.15, 0.2) is 35.3 Å². The molecule has 34 heavy (non-hydrogen) atoms. The molecular weight excluding hydrogens is 454 g/mol. The van der Waals surface area contributed by atoms with E-state index >= 15 is 0 Å². The number of hydrogen-bond acceptors (Lipinski definition) is 7. The number of aryl methyl sites for hydroxylation is 3. The highest BCUT2D eigenvalue weighted by Gasteiger charge is 2.21. The summed E-state index contributed by atoms with van der Waals surface area (Å²) >= 11 is 1.23. The quantitative estimate of drug-likeness (QED) is 0.300. The number of aromatic nitrogens is 4. The summed E-state index contributed by atoms with van der Waals surface area (Å²) in [5.41, 5.74) is 7.89. The molecule has 3 heterocycles. The van der Waals surface area contributed by atoms with Crippen LogP contribution >= 0.6 is 11.3 Å². The lowest BCUT2D eigenvalue weighted by atomic mass is 10.1. The second kappa shape index (κ2) is 8.58. The van der Waals surface area contributed by atoms with Gasteiger partial charge in [-0.05, 0) is 44.5 Å². The number of rotatable bonds is 7. The zero-order valence-electron chi connectivity index (χ0n) is 19.4. The van der Waals surface area contributed by atoms with Gasteiger partial charge in [-0.2, -0.15) is 0 Å². The van der Waals surface area contributed by atoms with Gasteiger partial charge in [-0.15, -0.1) is 11.3 Å². The normalized spacial score (nSPS) is 12.6. The van der Waals surface area contributed by atoms with Crippen molar-refractivity contribution >= 4 is 57.0 Å². The van der Waals surface area contributed by atoms with E-state index in [0.717, 1.165) is 22.8 Å². The summed E-state index contributed by atoms with van der Waals surface area (Å²) in [5.74, 6) is 0.00974. The molecule has 11 heteroatoms. The third-order valence-corrected chi connectivity index (χ3v) is 6.90. The van der Waals surface area contributed by atoms with Gasteiger partial charge in [-0.25, -0.2) is 9.78 Å². The summed E-state index contributed by atoms with van der Waals surface area (Å²) in [6.45, 7) is 3.86. The highest BCUT2D eigenvalue weighted by Crippen LogP contribution is 2.28. The number of allylic oxidation sites excluding steroid dienone is 1. The number of carbonyl (C=O) groups is 1. The number of amides is 1. The van der Waals surface area contributed by atoms with Crippen molar-refractivity contribution in [3.8, 4) is 0 Å². The van der Waals surface area contributed by atoms with Gasteiger partial charge in [-0.1, -0.05) is 0 Å². The summed E-state index contributed by atoms with van der Waals surface area (Å²) in [6, 6.07) is 7.13. The maximum atomic E-state index is 13.0. The van der Waals surface area contributed by atoms with Gasteiger partial charge in [0.05, 0.1) is 32.5 Å². The van der Waals surface area contributed by atoms with E-state index in [-0.39, 0.29) is 11.6 Å². The summed E-state index contributed by atoms with van der Waals surface area (Å²) < 4.78 is 4.97. The van der Waals surface area contributed by atoms with Crippen LogP contribution in [0.1, 0.15) is 34.8 Å². The zero-order chi connectivity index (χ0) is 24.8. The fraction of sp³-hybridized carbons (Fsp3) is 0.304. The Morgan fingerprint density at radius 1 is 1.21 bits per heavy atom. The standard InChI is InChI=1S/C23H27N7O3S/c1-23(2,33)7-8-30-15-10-17-16(28(3)22(32)29(17)4)9-14(15)26-21(30)27-20(31)19-6-5-18(34-19)13(11-24)12-25/h5-6,9-12,24,33H,7-8,25H2,1-4H3,(H,26,27,31)/b13-12+,24-11?. The molecule has 0 fully saturated rings. The van der Waals surface area contributed by atoms with E-state index in [0.29, 0.717) is 39.8 Å². The van der Waals surface area contributed by atoms with Gasteiger partial charge in [0.15, 0.2) is 0 Å². The second-order valence-electron chi connectivity index (χ2n) is 8.76. The lowest BCUT2D eigenvalue weighted by molar-refractivity contribution is 0.0667. The van der Waals surface area contributed by atoms with Crippen molar-refractivity contribution in [1.29, 1.82) is 5.41 Å². The van der Waals surface area contributed by atoms with E-state index in [1.54, 1.807) is 49.2 Å². The first-order valence-electron chi connectivity index (χ1n) is 10.7. The van der Waals surface area contributed by atoms with Crippen LogP contribution in [0.2, 0.25) is 0 Å². The highest BCUT2D eigenvalue weighted by molar-refractivity contribution is 7.15. The number of imidazole rings is 2. The average Bonchev–Trinajstić information content (AvgIpc) is 3.45. The van der Waals surface area contributed by atoms with Crippen LogP contribution in [-0.2, 0) is 20.6 Å². The number of anilines is 1. The minimum absolute atomic E-state index is 0.136. The Morgan fingerprint density at radius 3 is 2.47 bits per heavy atom. The van der Waals surface area contributed by atoms with E-state index in [9.17, 15) is 14.7 Å². The van der Waals surface area contributed by atoms with Crippen LogP contribution in [0, 0.1) is 5.41 Å². The maximum Gasteiger partial charge on any atom is 0.328 e. The molecule has 10 nitrogen and oxygen atoms in total.